The molecule has 0 radical (unpaired) electrons. The van der Waals surface area contributed by atoms with Gasteiger partial charge < -0.3 is 25.8 Å². The van der Waals surface area contributed by atoms with Crippen LogP contribution in [0.15, 0.2) is 54.6 Å². The number of nitrogens with zero attached hydrogens (tertiary/aromatic N) is 7. The van der Waals surface area contributed by atoms with Gasteiger partial charge in [0.15, 0.2) is 5.82 Å². The summed E-state index contributed by atoms with van der Waals surface area (Å²) in [6.45, 7) is 7.35. The number of aromatic nitrogens is 4. The molecular formula is C38H47N9. The first-order chi connectivity index (χ1) is 23.2. The Morgan fingerprint density at radius 2 is 1.43 bits per heavy atom. The lowest BCUT2D eigenvalue weighted by Gasteiger charge is -2.42. The Morgan fingerprint density at radius 3 is 2.21 bits per heavy atom. The number of nitrogen functional groups attached to an aromatic ring is 1. The fourth-order valence-electron chi connectivity index (χ4n) is 9.22. The van der Waals surface area contributed by atoms with Crippen molar-refractivity contribution >= 4 is 23.3 Å². The number of hydrogen-bond donors (Lipinski definition) is 2. The molecule has 2 bridgehead atoms. The average molecular weight is 630 g/mol. The number of benzene rings is 2. The van der Waals surface area contributed by atoms with Gasteiger partial charge in [0.05, 0.1) is 11.4 Å². The summed E-state index contributed by atoms with van der Waals surface area (Å²) in [5, 5.41) is 8.32. The number of hydrogen-bond acceptors (Lipinski definition) is 8. The van der Waals surface area contributed by atoms with Crippen molar-refractivity contribution < 1.29 is 0 Å². The normalized spacial score (nSPS) is 22.3. The highest BCUT2D eigenvalue weighted by Crippen LogP contribution is 2.47. The van der Waals surface area contributed by atoms with Gasteiger partial charge in [-0.3, -0.25) is 0 Å². The molecule has 1 atom stereocenters. The molecule has 2 aromatic heterocycles. The maximum atomic E-state index is 6.52. The molecule has 1 unspecified atom stereocenters. The quantitative estimate of drug-likeness (QED) is 0.245. The lowest BCUT2D eigenvalue weighted by atomic mass is 9.84. The third-order valence-corrected chi connectivity index (χ3v) is 11.8. The topological polar surface area (TPSA) is 91.4 Å². The summed E-state index contributed by atoms with van der Waals surface area (Å²) < 4.78 is 1.70. The fourth-order valence-corrected chi connectivity index (χ4v) is 9.22. The predicted octanol–water partition coefficient (Wildman–Crippen LogP) is 6.16. The van der Waals surface area contributed by atoms with E-state index >= 15 is 0 Å². The first-order valence-corrected chi connectivity index (χ1v) is 18.1. The van der Waals surface area contributed by atoms with Crippen LogP contribution in [0.5, 0.6) is 0 Å². The van der Waals surface area contributed by atoms with Crippen molar-refractivity contribution in [2.45, 2.75) is 82.2 Å². The fraction of sp³-hybridized carbons (Fsp3) is 0.500. The molecule has 5 aliphatic heterocycles. The molecular weight excluding hydrogens is 582 g/mol. The first-order valence-electron chi connectivity index (χ1n) is 18.1. The Bertz CT molecular complexity index is 1730. The van der Waals surface area contributed by atoms with Gasteiger partial charge in [-0.2, -0.15) is 9.67 Å². The summed E-state index contributed by atoms with van der Waals surface area (Å²) in [5.41, 5.74) is 15.3. The van der Waals surface area contributed by atoms with Crippen LogP contribution in [0.3, 0.4) is 0 Å². The van der Waals surface area contributed by atoms with Gasteiger partial charge in [0, 0.05) is 42.3 Å². The van der Waals surface area contributed by atoms with Crippen LogP contribution in [0, 0.1) is 0 Å². The highest BCUT2D eigenvalue weighted by atomic mass is 15.4. The van der Waals surface area contributed by atoms with Gasteiger partial charge in [-0.1, -0.05) is 36.4 Å². The molecule has 47 heavy (non-hydrogen) atoms. The lowest BCUT2D eigenvalue weighted by molar-refractivity contribution is 0.0900. The van der Waals surface area contributed by atoms with Crippen LogP contribution in [0.2, 0.25) is 0 Å². The summed E-state index contributed by atoms with van der Waals surface area (Å²) in [4.78, 5) is 17.9. The van der Waals surface area contributed by atoms with E-state index in [-0.39, 0.29) is 0 Å². The molecule has 6 aliphatic rings. The molecule has 0 amide bonds. The zero-order valence-corrected chi connectivity index (χ0v) is 27.4. The van der Waals surface area contributed by atoms with Gasteiger partial charge in [0.2, 0.25) is 11.9 Å². The van der Waals surface area contributed by atoms with Crippen LogP contribution < -0.4 is 16.0 Å². The van der Waals surface area contributed by atoms with Crippen molar-refractivity contribution in [3.05, 3.63) is 71.4 Å². The summed E-state index contributed by atoms with van der Waals surface area (Å²) in [5.74, 6) is 2.04. The number of aryl methyl sites for hydroxylation is 2. The van der Waals surface area contributed by atoms with Crippen molar-refractivity contribution in [2.75, 3.05) is 55.2 Å². The van der Waals surface area contributed by atoms with Crippen LogP contribution in [-0.4, -0.2) is 80.9 Å². The van der Waals surface area contributed by atoms with E-state index in [9.17, 15) is 0 Å². The van der Waals surface area contributed by atoms with E-state index in [1.54, 1.807) is 4.68 Å². The number of rotatable bonds is 6. The minimum atomic E-state index is 0.339. The Hall–Kier alpha value is -3.95. The van der Waals surface area contributed by atoms with Crippen LogP contribution in [0.1, 0.15) is 74.1 Å². The Kier molecular flexibility index (Phi) is 7.61. The van der Waals surface area contributed by atoms with Gasteiger partial charge in [0.25, 0.3) is 0 Å². The van der Waals surface area contributed by atoms with Gasteiger partial charge in [0.1, 0.15) is 0 Å². The van der Waals surface area contributed by atoms with Gasteiger partial charge in [-0.05, 0) is 125 Å². The molecule has 3 N–H and O–H groups in total. The van der Waals surface area contributed by atoms with Crippen molar-refractivity contribution in [2.24, 2.45) is 0 Å². The molecule has 3 fully saturated rings. The summed E-state index contributed by atoms with van der Waals surface area (Å²) in [6, 6.07) is 21.1. The number of fused-ring (bicyclic) bond motifs is 3. The second-order valence-corrected chi connectivity index (χ2v) is 14.4. The summed E-state index contributed by atoms with van der Waals surface area (Å²) in [6.07, 6.45) is 12.5. The highest BCUT2D eigenvalue weighted by molar-refractivity contribution is 5.83. The zero-order chi connectivity index (χ0) is 31.3. The number of pyridine rings is 1. The minimum Gasteiger partial charge on any atom is -0.370 e. The Balaban J connectivity index is 0.917. The average Bonchev–Trinajstić information content (AvgIpc) is 3.74. The molecule has 0 spiro atoms. The van der Waals surface area contributed by atoms with Gasteiger partial charge in [-0.25, -0.2) is 4.98 Å². The number of piperidine rings is 2. The van der Waals surface area contributed by atoms with Crippen molar-refractivity contribution in [3.8, 4) is 16.9 Å². The van der Waals surface area contributed by atoms with Crippen molar-refractivity contribution in [3.63, 3.8) is 0 Å². The van der Waals surface area contributed by atoms with E-state index in [2.05, 4.69) is 79.6 Å². The van der Waals surface area contributed by atoms with Crippen LogP contribution in [0.4, 0.5) is 23.3 Å². The lowest BCUT2D eigenvalue weighted by Crippen LogP contribution is -2.47. The smallest absolute Gasteiger partial charge is 0.248 e. The van der Waals surface area contributed by atoms with Gasteiger partial charge >= 0.3 is 0 Å². The predicted molar refractivity (Wildman–Crippen MR) is 189 cm³/mol. The maximum absolute atomic E-state index is 6.52. The van der Waals surface area contributed by atoms with E-state index in [0.717, 1.165) is 56.3 Å². The molecule has 1 aliphatic carbocycles. The Morgan fingerprint density at radius 1 is 0.702 bits per heavy atom. The zero-order valence-electron chi connectivity index (χ0n) is 27.4. The third-order valence-electron chi connectivity index (χ3n) is 11.8. The number of likely N-dealkylation sites (tertiary alicyclic amines) is 2. The molecule has 9 heteroatoms. The van der Waals surface area contributed by atoms with E-state index in [4.69, 9.17) is 15.8 Å². The largest absolute Gasteiger partial charge is 0.370 e. The SMILES string of the molecule is Nc1nc(Nc2ccc3c(c2)CCC(N2CCC(N4CCCC4)CC2)CC3)nn1-c1cc(-c2ccccc2)c2c(n1)C1CCN2CC1. The first kappa shape index (κ1) is 29.2. The molecule has 2 aromatic carbocycles. The van der Waals surface area contributed by atoms with E-state index in [1.165, 1.54) is 98.3 Å². The maximum Gasteiger partial charge on any atom is 0.248 e. The van der Waals surface area contributed by atoms with E-state index in [0.29, 0.717) is 23.9 Å². The minimum absolute atomic E-state index is 0.339. The molecule has 4 aromatic rings. The van der Waals surface area contributed by atoms with Crippen molar-refractivity contribution in [1.82, 2.24) is 29.5 Å². The number of nitrogens with two attached hydrogens (primary N) is 1. The van der Waals surface area contributed by atoms with Gasteiger partial charge in [-0.15, -0.1) is 5.10 Å². The Labute approximate surface area is 278 Å². The summed E-state index contributed by atoms with van der Waals surface area (Å²) >= 11 is 0. The second kappa shape index (κ2) is 12.3. The van der Waals surface area contributed by atoms with Crippen molar-refractivity contribution in [1.29, 1.82) is 0 Å². The third kappa shape index (κ3) is 5.57. The van der Waals surface area contributed by atoms with Crippen LogP contribution in [-0.2, 0) is 12.8 Å². The molecule has 0 saturated carbocycles. The number of anilines is 4. The van der Waals surface area contributed by atoms with E-state index in [1.807, 2.05) is 0 Å². The molecule has 10 rings (SSSR count). The monoisotopic (exact) mass is 629 g/mol. The standard InChI is InChI=1S/C38H47N9/c39-37-42-38(43-47(37)34-25-33(27-6-2-1-3-7-27)36-35(41-34)28-14-20-46(36)21-15-28)40-30-11-8-26-9-12-31(13-10-29(26)24-30)45-22-16-32(17-23-45)44-18-4-5-19-44/h1-3,6-8,11,24-25,28,31-32H,4-5,9-10,12-23H2,(H3,39,40,42,43). The molecule has 3 saturated heterocycles. The van der Waals surface area contributed by atoms with Crippen LogP contribution in [0.25, 0.3) is 16.9 Å². The second-order valence-electron chi connectivity index (χ2n) is 14.4. The molecule has 9 nitrogen and oxygen atoms in total. The van der Waals surface area contributed by atoms with E-state index < -0.39 is 0 Å². The molecule has 244 valence electrons. The van der Waals surface area contributed by atoms with Crippen LogP contribution >= 0.6 is 0 Å². The number of nitrogens with one attached hydrogen (secondary N) is 1. The summed E-state index contributed by atoms with van der Waals surface area (Å²) in [7, 11) is 0. The molecule has 7 heterocycles. The highest BCUT2D eigenvalue weighted by Gasteiger charge is 2.35.